The Balaban J connectivity index is 1.05. The third-order valence-corrected chi connectivity index (χ3v) is 11.0. The summed E-state index contributed by atoms with van der Waals surface area (Å²) in [6, 6.07) is 73.3. The first-order valence-corrected chi connectivity index (χ1v) is 19.0. The number of benzene rings is 8. The molecule has 0 N–H and O–H groups in total. The summed E-state index contributed by atoms with van der Waals surface area (Å²) in [6.07, 6.45) is 0. The summed E-state index contributed by atoms with van der Waals surface area (Å²) in [5.74, 6) is 0. The zero-order valence-electron chi connectivity index (χ0n) is 30.4. The van der Waals surface area contributed by atoms with E-state index in [1.165, 1.54) is 16.3 Å². The van der Waals surface area contributed by atoms with Crippen LogP contribution in [0.3, 0.4) is 0 Å². The SMILES string of the molecule is c1ccc(-c2cc(-c3cccc(-c4ccc5c(c4)c4ccccc4n5-c4ccccc4-c4cccc5c4oc4ccccc45)c3)cc(-c3ccccc3)n2)cc1. The van der Waals surface area contributed by atoms with Crippen LogP contribution in [0.5, 0.6) is 0 Å². The summed E-state index contributed by atoms with van der Waals surface area (Å²) < 4.78 is 8.95. The molecule has 0 aliphatic carbocycles. The minimum Gasteiger partial charge on any atom is -0.455 e. The van der Waals surface area contributed by atoms with Gasteiger partial charge in [0.2, 0.25) is 0 Å². The van der Waals surface area contributed by atoms with Crippen LogP contribution in [-0.2, 0) is 0 Å². The molecule has 0 saturated heterocycles. The van der Waals surface area contributed by atoms with Crippen molar-refractivity contribution in [1.29, 1.82) is 0 Å². The topological polar surface area (TPSA) is 31.0 Å². The standard InChI is InChI=1S/C53H34N2O/c1-3-15-35(16-4-1)47-33-40(34-48(54-47)36-17-5-2-6-18-36)38-20-13-19-37(31-38)39-29-30-51-46(32-39)42-22-8-11-27-50(42)55(51)49-26-10-7-21-41(49)44-24-14-25-45-43-23-9-12-28-52(43)56-53(44)45/h1-34H. The Morgan fingerprint density at radius 3 is 1.68 bits per heavy atom. The van der Waals surface area contributed by atoms with Gasteiger partial charge in [0.1, 0.15) is 11.2 Å². The summed E-state index contributed by atoms with van der Waals surface area (Å²) in [7, 11) is 0. The number of pyridine rings is 1. The molecule has 262 valence electrons. The number of hydrogen-bond acceptors (Lipinski definition) is 2. The Morgan fingerprint density at radius 2 is 0.893 bits per heavy atom. The third-order valence-electron chi connectivity index (χ3n) is 11.0. The van der Waals surface area contributed by atoms with Gasteiger partial charge in [-0.05, 0) is 70.8 Å². The Kier molecular flexibility index (Phi) is 7.49. The van der Waals surface area contributed by atoms with Crippen LogP contribution in [0.25, 0.3) is 105 Å². The first kappa shape index (κ1) is 32.0. The number of nitrogens with zero attached hydrogens (tertiary/aromatic N) is 2. The quantitative estimate of drug-likeness (QED) is 0.172. The molecule has 0 radical (unpaired) electrons. The van der Waals surface area contributed by atoms with E-state index in [1.807, 2.05) is 24.3 Å². The van der Waals surface area contributed by atoms with Gasteiger partial charge < -0.3 is 8.98 Å². The first-order valence-electron chi connectivity index (χ1n) is 19.0. The third kappa shape index (κ3) is 5.32. The lowest BCUT2D eigenvalue weighted by Crippen LogP contribution is -1.97. The highest BCUT2D eigenvalue weighted by atomic mass is 16.3. The molecule has 56 heavy (non-hydrogen) atoms. The Hall–Kier alpha value is -7.49. The molecule has 0 atom stereocenters. The van der Waals surface area contributed by atoms with Gasteiger partial charge in [0, 0.05) is 43.8 Å². The van der Waals surface area contributed by atoms with Gasteiger partial charge in [-0.2, -0.15) is 0 Å². The van der Waals surface area contributed by atoms with Gasteiger partial charge >= 0.3 is 0 Å². The van der Waals surface area contributed by atoms with Crippen molar-refractivity contribution in [1.82, 2.24) is 9.55 Å². The van der Waals surface area contributed by atoms with Crippen molar-refractivity contribution < 1.29 is 4.42 Å². The zero-order chi connectivity index (χ0) is 37.0. The van der Waals surface area contributed by atoms with Crippen LogP contribution in [0.1, 0.15) is 0 Å². The van der Waals surface area contributed by atoms with Crippen LogP contribution in [0.15, 0.2) is 211 Å². The maximum Gasteiger partial charge on any atom is 0.143 e. The molecule has 3 aromatic heterocycles. The Bertz CT molecular complexity index is 3190. The van der Waals surface area contributed by atoms with Gasteiger partial charge in [0.05, 0.1) is 28.1 Å². The number of furan rings is 1. The van der Waals surface area contributed by atoms with E-state index < -0.39 is 0 Å². The molecule has 0 amide bonds. The summed E-state index contributed by atoms with van der Waals surface area (Å²) in [4.78, 5) is 5.11. The first-order chi connectivity index (χ1) is 27.8. The number of rotatable bonds is 6. The molecular weight excluding hydrogens is 681 g/mol. The van der Waals surface area contributed by atoms with Crippen molar-refractivity contribution in [3.63, 3.8) is 0 Å². The fourth-order valence-electron chi connectivity index (χ4n) is 8.36. The van der Waals surface area contributed by atoms with Crippen molar-refractivity contribution in [2.75, 3.05) is 0 Å². The van der Waals surface area contributed by atoms with E-state index in [9.17, 15) is 0 Å². The molecule has 3 heterocycles. The minimum absolute atomic E-state index is 0.901. The number of aromatic nitrogens is 2. The highest BCUT2D eigenvalue weighted by Gasteiger charge is 2.19. The van der Waals surface area contributed by atoms with E-state index in [2.05, 4.69) is 187 Å². The molecule has 0 bridgehead atoms. The molecule has 8 aromatic carbocycles. The van der Waals surface area contributed by atoms with Crippen LogP contribution in [0.4, 0.5) is 0 Å². The molecule has 0 aliphatic heterocycles. The van der Waals surface area contributed by atoms with Crippen molar-refractivity contribution >= 4 is 43.7 Å². The molecule has 0 fully saturated rings. The Morgan fingerprint density at radius 1 is 0.339 bits per heavy atom. The van der Waals surface area contributed by atoms with Crippen LogP contribution in [0, 0.1) is 0 Å². The highest BCUT2D eigenvalue weighted by Crippen LogP contribution is 2.42. The number of para-hydroxylation sites is 4. The number of fused-ring (bicyclic) bond motifs is 6. The normalized spacial score (nSPS) is 11.6. The van der Waals surface area contributed by atoms with E-state index in [0.717, 1.165) is 89.0 Å². The largest absolute Gasteiger partial charge is 0.455 e. The van der Waals surface area contributed by atoms with E-state index in [-0.39, 0.29) is 0 Å². The zero-order valence-corrected chi connectivity index (χ0v) is 30.4. The van der Waals surface area contributed by atoms with E-state index in [0.29, 0.717) is 0 Å². The highest BCUT2D eigenvalue weighted by molar-refractivity contribution is 6.13. The van der Waals surface area contributed by atoms with Gasteiger partial charge in [-0.1, -0.05) is 158 Å². The lowest BCUT2D eigenvalue weighted by atomic mass is 9.96. The molecule has 3 nitrogen and oxygen atoms in total. The van der Waals surface area contributed by atoms with Crippen LogP contribution < -0.4 is 0 Å². The average molecular weight is 715 g/mol. The second kappa shape index (κ2) is 13.1. The van der Waals surface area contributed by atoms with Crippen LogP contribution >= 0.6 is 0 Å². The molecule has 11 rings (SSSR count). The molecule has 0 spiro atoms. The second-order valence-corrected chi connectivity index (χ2v) is 14.3. The maximum absolute atomic E-state index is 6.54. The van der Waals surface area contributed by atoms with Gasteiger partial charge in [0.15, 0.2) is 0 Å². The van der Waals surface area contributed by atoms with Gasteiger partial charge in [-0.3, -0.25) is 0 Å². The van der Waals surface area contributed by atoms with E-state index >= 15 is 0 Å². The molecule has 0 unspecified atom stereocenters. The average Bonchev–Trinajstić information content (AvgIpc) is 3.83. The minimum atomic E-state index is 0.901. The maximum atomic E-state index is 6.54. The Labute approximate surface area is 324 Å². The van der Waals surface area contributed by atoms with E-state index in [4.69, 9.17) is 9.40 Å². The summed E-state index contributed by atoms with van der Waals surface area (Å²) in [5.41, 5.74) is 16.2. The van der Waals surface area contributed by atoms with Crippen molar-refractivity contribution in [3.05, 3.63) is 206 Å². The fourth-order valence-corrected chi connectivity index (χ4v) is 8.36. The van der Waals surface area contributed by atoms with E-state index in [1.54, 1.807) is 0 Å². The van der Waals surface area contributed by atoms with Crippen molar-refractivity contribution in [2.45, 2.75) is 0 Å². The van der Waals surface area contributed by atoms with Crippen LogP contribution in [-0.4, -0.2) is 9.55 Å². The predicted octanol–water partition coefficient (Wildman–Crippen LogP) is 14.4. The fraction of sp³-hybridized carbons (Fsp3) is 0. The van der Waals surface area contributed by atoms with Crippen molar-refractivity contribution in [3.8, 4) is 61.6 Å². The lowest BCUT2D eigenvalue weighted by molar-refractivity contribution is 0.670. The summed E-state index contributed by atoms with van der Waals surface area (Å²) in [6.45, 7) is 0. The predicted molar refractivity (Wildman–Crippen MR) is 233 cm³/mol. The van der Waals surface area contributed by atoms with Gasteiger partial charge in [0.25, 0.3) is 0 Å². The molecule has 0 aliphatic rings. The molecule has 11 aromatic rings. The molecule has 0 saturated carbocycles. The number of hydrogen-bond donors (Lipinski definition) is 0. The smallest absolute Gasteiger partial charge is 0.143 e. The van der Waals surface area contributed by atoms with Gasteiger partial charge in [-0.15, -0.1) is 0 Å². The second-order valence-electron chi connectivity index (χ2n) is 14.3. The van der Waals surface area contributed by atoms with Crippen molar-refractivity contribution in [2.24, 2.45) is 0 Å². The van der Waals surface area contributed by atoms with Gasteiger partial charge in [-0.25, -0.2) is 4.98 Å². The summed E-state index contributed by atoms with van der Waals surface area (Å²) >= 11 is 0. The molecular formula is C53H34N2O. The molecule has 3 heteroatoms. The van der Waals surface area contributed by atoms with Crippen LogP contribution in [0.2, 0.25) is 0 Å². The summed E-state index contributed by atoms with van der Waals surface area (Å²) in [5, 5.41) is 4.68. The monoisotopic (exact) mass is 714 g/mol. The lowest BCUT2D eigenvalue weighted by Gasteiger charge is -2.14.